The van der Waals surface area contributed by atoms with E-state index in [-0.39, 0.29) is 29.6 Å². The monoisotopic (exact) mass is 122 g/mol. The molecule has 3 heteroatoms. The van der Waals surface area contributed by atoms with Crippen LogP contribution in [0.4, 0.5) is 0 Å². The molecular weight excluding hydrogens is 119 g/mol. The summed E-state index contributed by atoms with van der Waals surface area (Å²) in [6, 6.07) is 3.50. The molecule has 0 amide bonds. The second-order valence-corrected chi connectivity index (χ2v) is 1.33. The standard InChI is InChI=1S/C4H4OS.Na/c6-4-2-1-3-5-4;/h1-3,6H;/q;+1/p-1. The van der Waals surface area contributed by atoms with E-state index in [1.54, 1.807) is 18.4 Å². The van der Waals surface area contributed by atoms with Gasteiger partial charge < -0.3 is 17.0 Å². The Balaban J connectivity index is 0.000000360. The maximum absolute atomic E-state index is 4.65. The molecule has 32 valence electrons. The molecule has 1 rings (SSSR count). The minimum atomic E-state index is 0. The fourth-order valence-corrected chi connectivity index (χ4v) is 0.398. The first-order valence-electron chi connectivity index (χ1n) is 1.60. The SMILES string of the molecule is [Na+].[S-]c1ccco1. The summed E-state index contributed by atoms with van der Waals surface area (Å²) in [6.07, 6.45) is 1.56. The Hall–Kier alpha value is 0.500. The normalized spacial score (nSPS) is 7.43. The van der Waals surface area contributed by atoms with Gasteiger partial charge in [0.1, 0.15) is 0 Å². The van der Waals surface area contributed by atoms with Crippen LogP contribution in [0, 0.1) is 0 Å². The van der Waals surface area contributed by atoms with E-state index >= 15 is 0 Å². The molecule has 0 bridgehead atoms. The van der Waals surface area contributed by atoms with Crippen molar-refractivity contribution in [3.63, 3.8) is 0 Å². The second kappa shape index (κ2) is 3.50. The molecule has 0 fully saturated rings. The van der Waals surface area contributed by atoms with Crippen LogP contribution in [0.5, 0.6) is 0 Å². The van der Waals surface area contributed by atoms with Crippen LogP contribution >= 0.6 is 0 Å². The van der Waals surface area contributed by atoms with Crippen molar-refractivity contribution in [3.8, 4) is 0 Å². The third-order valence-corrected chi connectivity index (χ3v) is 0.727. The first-order valence-corrected chi connectivity index (χ1v) is 2.01. The van der Waals surface area contributed by atoms with E-state index in [1.165, 1.54) is 0 Å². The summed E-state index contributed by atoms with van der Waals surface area (Å²) in [4.78, 5) is 0. The van der Waals surface area contributed by atoms with Crippen LogP contribution in [-0.4, -0.2) is 0 Å². The molecule has 1 aromatic heterocycles. The minimum Gasteiger partial charge on any atom is -0.742 e. The van der Waals surface area contributed by atoms with Crippen LogP contribution in [0.25, 0.3) is 0 Å². The van der Waals surface area contributed by atoms with Crippen molar-refractivity contribution in [2.75, 3.05) is 0 Å². The summed E-state index contributed by atoms with van der Waals surface area (Å²) in [5, 5.41) is 0.551. The van der Waals surface area contributed by atoms with E-state index in [4.69, 9.17) is 0 Å². The largest absolute Gasteiger partial charge is 1.00 e. The molecule has 0 saturated carbocycles. The summed E-state index contributed by atoms with van der Waals surface area (Å²) >= 11 is 4.58. The van der Waals surface area contributed by atoms with Gasteiger partial charge in [0.05, 0.1) is 6.26 Å². The van der Waals surface area contributed by atoms with E-state index in [0.29, 0.717) is 5.09 Å². The predicted octanol–water partition coefficient (Wildman–Crippen LogP) is -1.81. The van der Waals surface area contributed by atoms with Crippen LogP contribution < -0.4 is 29.6 Å². The number of furan rings is 1. The van der Waals surface area contributed by atoms with Crippen LogP contribution in [0.15, 0.2) is 27.9 Å². The Bertz CT molecular complexity index is 115. The molecule has 0 radical (unpaired) electrons. The molecule has 0 aromatic carbocycles. The molecule has 0 spiro atoms. The van der Waals surface area contributed by atoms with E-state index in [0.717, 1.165) is 0 Å². The second-order valence-electron chi connectivity index (χ2n) is 0.932. The average Bonchev–Trinajstić information content (AvgIpc) is 1.86. The number of hydrogen-bond acceptors (Lipinski definition) is 2. The van der Waals surface area contributed by atoms with Crippen molar-refractivity contribution in [2.24, 2.45) is 0 Å². The average molecular weight is 122 g/mol. The first-order chi connectivity index (χ1) is 2.89. The molecule has 0 atom stereocenters. The summed E-state index contributed by atoms with van der Waals surface area (Å²) in [5.41, 5.74) is 0. The molecule has 0 aliphatic carbocycles. The van der Waals surface area contributed by atoms with Gasteiger partial charge in [-0.15, -0.1) is 0 Å². The van der Waals surface area contributed by atoms with Gasteiger partial charge in [-0.3, -0.25) is 0 Å². The van der Waals surface area contributed by atoms with E-state index in [1.807, 2.05) is 0 Å². The minimum absolute atomic E-state index is 0. The number of hydrogen-bond donors (Lipinski definition) is 0. The van der Waals surface area contributed by atoms with Gasteiger partial charge >= 0.3 is 29.6 Å². The van der Waals surface area contributed by atoms with Crippen molar-refractivity contribution < 1.29 is 34.0 Å². The smallest absolute Gasteiger partial charge is 0.742 e. The van der Waals surface area contributed by atoms with Gasteiger partial charge in [-0.25, -0.2) is 0 Å². The molecule has 1 heterocycles. The van der Waals surface area contributed by atoms with E-state index < -0.39 is 0 Å². The molecular formula is C4H3NaOS. The first kappa shape index (κ1) is 7.50. The van der Waals surface area contributed by atoms with Crippen molar-refractivity contribution >= 4 is 12.6 Å². The summed E-state index contributed by atoms with van der Waals surface area (Å²) in [7, 11) is 0. The summed E-state index contributed by atoms with van der Waals surface area (Å²) in [5.74, 6) is 0. The van der Waals surface area contributed by atoms with E-state index in [9.17, 15) is 0 Å². The molecule has 0 N–H and O–H groups in total. The van der Waals surface area contributed by atoms with Gasteiger partial charge in [0.15, 0.2) is 0 Å². The van der Waals surface area contributed by atoms with Gasteiger partial charge in [0.2, 0.25) is 0 Å². The Labute approximate surface area is 69.8 Å². The van der Waals surface area contributed by atoms with E-state index in [2.05, 4.69) is 17.0 Å². The third kappa shape index (κ3) is 2.34. The van der Waals surface area contributed by atoms with Crippen LogP contribution in [0.2, 0.25) is 0 Å². The molecule has 0 aliphatic rings. The fraction of sp³-hybridized carbons (Fsp3) is 0. The van der Waals surface area contributed by atoms with Gasteiger partial charge in [0.25, 0.3) is 0 Å². The van der Waals surface area contributed by atoms with Crippen LogP contribution in [0.3, 0.4) is 0 Å². The Morgan fingerprint density at radius 3 is 2.43 bits per heavy atom. The quantitative estimate of drug-likeness (QED) is 0.297. The molecule has 1 nitrogen and oxygen atoms in total. The topological polar surface area (TPSA) is 13.1 Å². The Morgan fingerprint density at radius 1 is 1.57 bits per heavy atom. The van der Waals surface area contributed by atoms with Gasteiger partial charge in [0, 0.05) is 0 Å². The molecule has 0 aliphatic heterocycles. The number of rotatable bonds is 0. The molecule has 0 unspecified atom stereocenters. The molecule has 0 saturated heterocycles. The van der Waals surface area contributed by atoms with Gasteiger partial charge in [-0.05, 0) is 17.2 Å². The maximum Gasteiger partial charge on any atom is 1.00 e. The van der Waals surface area contributed by atoms with Crippen molar-refractivity contribution in [1.82, 2.24) is 0 Å². The third-order valence-electron chi connectivity index (χ3n) is 0.495. The van der Waals surface area contributed by atoms with Crippen LogP contribution in [-0.2, 0) is 12.6 Å². The van der Waals surface area contributed by atoms with Crippen molar-refractivity contribution in [3.05, 3.63) is 18.4 Å². The van der Waals surface area contributed by atoms with Crippen molar-refractivity contribution in [2.45, 2.75) is 5.09 Å². The molecule has 1 aromatic rings. The maximum atomic E-state index is 4.65. The Kier molecular flexibility index (Phi) is 3.75. The summed E-state index contributed by atoms with van der Waals surface area (Å²) in [6.45, 7) is 0. The van der Waals surface area contributed by atoms with Gasteiger partial charge in [-0.1, -0.05) is 0 Å². The van der Waals surface area contributed by atoms with Crippen molar-refractivity contribution in [1.29, 1.82) is 0 Å². The zero-order chi connectivity index (χ0) is 4.41. The zero-order valence-electron chi connectivity index (χ0n) is 4.05. The summed E-state index contributed by atoms with van der Waals surface area (Å²) < 4.78 is 4.65. The Morgan fingerprint density at radius 2 is 2.29 bits per heavy atom. The van der Waals surface area contributed by atoms with Crippen LogP contribution in [0.1, 0.15) is 0 Å². The zero-order valence-corrected chi connectivity index (χ0v) is 6.87. The van der Waals surface area contributed by atoms with Gasteiger partial charge in [-0.2, -0.15) is 0 Å². The molecule has 7 heavy (non-hydrogen) atoms. The fourth-order valence-electron chi connectivity index (χ4n) is 0.263. The predicted molar refractivity (Wildman–Crippen MR) is 24.3 cm³/mol.